The third-order valence-electron chi connectivity index (χ3n) is 16.4. The number of likely N-dealkylation sites (N-methyl/N-ethyl adjacent to an activating group) is 1. The van der Waals surface area contributed by atoms with Crippen LogP contribution in [0.3, 0.4) is 0 Å². The normalized spacial score (nSPS) is 27.6. The minimum Gasteiger partial charge on any atom is -0.460 e. The first-order chi connectivity index (χ1) is 35.6. The van der Waals surface area contributed by atoms with Crippen LogP contribution in [0.5, 0.6) is 0 Å². The lowest BCUT2D eigenvalue weighted by molar-refractivity contribution is -0.266. The third kappa shape index (κ3) is 19.6. The molecule has 0 radical (unpaired) electrons. The van der Waals surface area contributed by atoms with E-state index in [1.807, 2.05) is 59.8 Å². The number of ether oxygens (including phenoxy) is 6. The zero-order valence-electron chi connectivity index (χ0n) is 48.1. The molecule has 16 heteroatoms. The lowest BCUT2D eigenvalue weighted by Crippen LogP contribution is -2.61. The highest BCUT2D eigenvalue weighted by Gasteiger charge is 2.53. The van der Waals surface area contributed by atoms with Gasteiger partial charge in [-0.05, 0) is 127 Å². The molecule has 3 saturated heterocycles. The molecule has 75 heavy (non-hydrogen) atoms. The van der Waals surface area contributed by atoms with E-state index in [0.717, 1.165) is 64.0 Å². The quantitative estimate of drug-likeness (QED) is 0.0239. The maximum Gasteiger partial charge on any atom is 0.329 e. The fourth-order valence-electron chi connectivity index (χ4n) is 11.4. The highest BCUT2D eigenvalue weighted by Crippen LogP contribution is 2.38. The lowest BCUT2D eigenvalue weighted by Gasteiger charge is -2.43. The third-order valence-corrected chi connectivity index (χ3v) is 16.4. The summed E-state index contributed by atoms with van der Waals surface area (Å²) in [6.07, 6.45) is 11.0. The standard InChI is InChI=1S/C59H99N3O13/c1-13-14-17-40(4)51(73-33-32-70-11)37-48-22-19-45(9)59(69,75-48)56(66)57(67)62-25-16-15-18-49(62)58(68)74-52(38-50(63)41(5)35-44(8)54(65)55(71-12)53(64)43(7)34-39(2)3)42(6)36-46-20-23-47(24-21-46)72-31-30-61-28-26-60(10)27-29-61/h13-14,17,35,39,41-43,45-49,51-52,54-55,65,69H,15-16,18-34,36-38H2,1-12H3/b14-13+,40-17+,44-35+/t41-,42-,43-,45-,46?,47?,48+,49?,51?,52+,54-,55+,59-/m1/s1. The monoisotopic (exact) mass is 1060 g/mol. The summed E-state index contributed by atoms with van der Waals surface area (Å²) >= 11 is 0. The van der Waals surface area contributed by atoms with Crippen molar-refractivity contribution in [2.45, 2.75) is 194 Å². The minimum atomic E-state index is -2.43. The molecule has 1 saturated carbocycles. The summed E-state index contributed by atoms with van der Waals surface area (Å²) in [4.78, 5) is 77.1. The molecular weight excluding hydrogens is 959 g/mol. The SMILES string of the molecule is C/C=C/C=C(\C)C(C[C@@H]1CC[C@@H](C)[C@](O)(C(=O)C(=O)N2CCCCC2C(=O)O[C@@H](CC(=O)[C@H](C)/C=C(\C)[C@@H](O)[C@@H](OC)C(=O)[C@H](C)CC(C)C)[C@H](C)CC2CCC(OCCN3CCN(C)CC3)CC2)O1)OCCOC. The predicted molar refractivity (Wildman–Crippen MR) is 290 cm³/mol. The number of Topliss-reactive ketones (excluding diaryl/α,β-unsaturated/α-hetero) is 3. The highest BCUT2D eigenvalue weighted by molar-refractivity contribution is 6.39. The molecule has 4 fully saturated rings. The number of methoxy groups -OCH3 is 2. The largest absolute Gasteiger partial charge is 0.460 e. The van der Waals surface area contributed by atoms with Gasteiger partial charge in [-0.15, -0.1) is 0 Å². The van der Waals surface area contributed by atoms with Gasteiger partial charge in [0.05, 0.1) is 38.1 Å². The number of aliphatic hydroxyl groups excluding tert-OH is 1. The Labute approximate surface area is 450 Å². The first-order valence-electron chi connectivity index (χ1n) is 28.5. The van der Waals surface area contributed by atoms with E-state index in [2.05, 4.69) is 16.8 Å². The summed E-state index contributed by atoms with van der Waals surface area (Å²) in [5.74, 6) is -7.08. The molecule has 0 aromatic heterocycles. The van der Waals surface area contributed by atoms with Crippen LogP contribution < -0.4 is 0 Å². The van der Waals surface area contributed by atoms with Gasteiger partial charge in [-0.3, -0.25) is 24.1 Å². The van der Waals surface area contributed by atoms with Crippen molar-refractivity contribution in [1.29, 1.82) is 0 Å². The van der Waals surface area contributed by atoms with Gasteiger partial charge in [-0.25, -0.2) is 4.79 Å². The van der Waals surface area contributed by atoms with Crippen LogP contribution in [0.15, 0.2) is 35.5 Å². The number of piperidine rings is 1. The Hall–Kier alpha value is -3.19. The molecule has 4 aliphatic rings. The first kappa shape index (κ1) is 64.3. The van der Waals surface area contributed by atoms with Crippen LogP contribution in [0.4, 0.5) is 0 Å². The number of hydrogen-bond acceptors (Lipinski definition) is 15. The number of carbonyl (C=O) groups is 5. The summed E-state index contributed by atoms with van der Waals surface area (Å²) in [5.41, 5.74) is 1.36. The summed E-state index contributed by atoms with van der Waals surface area (Å²) < 4.78 is 35.9. The zero-order chi connectivity index (χ0) is 55.4. The van der Waals surface area contributed by atoms with Gasteiger partial charge < -0.3 is 48.4 Å². The summed E-state index contributed by atoms with van der Waals surface area (Å²) in [7, 11) is 5.15. The van der Waals surface area contributed by atoms with Crippen LogP contribution in [0, 0.1) is 35.5 Å². The second-order valence-corrected chi connectivity index (χ2v) is 23.0. The Morgan fingerprint density at radius 1 is 0.840 bits per heavy atom. The summed E-state index contributed by atoms with van der Waals surface area (Å²) in [5, 5.41) is 23.4. The van der Waals surface area contributed by atoms with E-state index in [1.165, 1.54) is 12.0 Å². The Kier molecular flexibility index (Phi) is 27.5. The first-order valence-corrected chi connectivity index (χ1v) is 28.5. The van der Waals surface area contributed by atoms with Crippen molar-refractivity contribution in [3.05, 3.63) is 35.5 Å². The molecule has 3 aliphatic heterocycles. The molecule has 3 heterocycles. The van der Waals surface area contributed by atoms with Gasteiger partial charge in [0.1, 0.15) is 30.1 Å². The van der Waals surface area contributed by atoms with Crippen LogP contribution in [-0.4, -0.2) is 183 Å². The van der Waals surface area contributed by atoms with Gasteiger partial charge in [-0.1, -0.05) is 65.8 Å². The van der Waals surface area contributed by atoms with E-state index in [9.17, 15) is 34.2 Å². The topological polar surface area (TPSA) is 191 Å². The van der Waals surface area contributed by atoms with Crippen molar-refractivity contribution in [3.63, 3.8) is 0 Å². The van der Waals surface area contributed by atoms with Gasteiger partial charge in [-0.2, -0.15) is 0 Å². The number of carbonyl (C=O) groups excluding carboxylic acids is 5. The summed E-state index contributed by atoms with van der Waals surface area (Å²) in [6, 6.07) is -1.12. The number of piperazine rings is 1. The molecule has 2 unspecified atom stereocenters. The van der Waals surface area contributed by atoms with Crippen molar-refractivity contribution in [3.8, 4) is 0 Å². The fraction of sp³-hybridized carbons (Fsp3) is 0.814. The van der Waals surface area contributed by atoms with Gasteiger partial charge in [0.25, 0.3) is 11.7 Å². The number of amides is 1. The van der Waals surface area contributed by atoms with Gasteiger partial charge in [0.2, 0.25) is 5.79 Å². The minimum absolute atomic E-state index is 0.104. The molecule has 11 atom stereocenters. The number of nitrogens with zero attached hydrogens (tertiary/aromatic N) is 3. The molecule has 428 valence electrons. The van der Waals surface area contributed by atoms with Crippen LogP contribution in [0.1, 0.15) is 146 Å². The van der Waals surface area contributed by atoms with Crippen molar-refractivity contribution < 1.29 is 62.6 Å². The molecule has 0 aromatic rings. The molecule has 0 bridgehead atoms. The second kappa shape index (κ2) is 32.0. The molecule has 1 aliphatic carbocycles. The van der Waals surface area contributed by atoms with Crippen LogP contribution >= 0.6 is 0 Å². The number of aliphatic hydroxyl groups is 2. The Bertz CT molecular complexity index is 1890. The number of rotatable bonds is 30. The molecule has 0 aromatic carbocycles. The molecular formula is C59H99N3O13. The number of ketones is 3. The molecule has 0 spiro atoms. The Morgan fingerprint density at radius 2 is 1.53 bits per heavy atom. The number of likely N-dealkylation sites (tertiary alicyclic amines) is 1. The molecule has 2 N–H and O–H groups in total. The van der Waals surface area contributed by atoms with Gasteiger partial charge in [0, 0.05) is 84.1 Å². The highest BCUT2D eigenvalue weighted by atomic mass is 16.6. The van der Waals surface area contributed by atoms with E-state index in [1.54, 1.807) is 34.0 Å². The molecule has 1 amide bonds. The molecule has 16 nitrogen and oxygen atoms in total. The maximum atomic E-state index is 14.6. The average molecular weight is 1060 g/mol. The predicted octanol–water partition coefficient (Wildman–Crippen LogP) is 7.31. The van der Waals surface area contributed by atoms with E-state index < -0.39 is 71.8 Å². The smallest absolute Gasteiger partial charge is 0.329 e. The van der Waals surface area contributed by atoms with E-state index in [4.69, 9.17) is 28.4 Å². The molecule has 4 rings (SSSR count). The lowest BCUT2D eigenvalue weighted by atomic mass is 9.79. The van der Waals surface area contributed by atoms with Crippen LogP contribution in [0.25, 0.3) is 0 Å². The number of esters is 1. The fourth-order valence-corrected chi connectivity index (χ4v) is 11.4. The van der Waals surface area contributed by atoms with E-state index >= 15 is 0 Å². The van der Waals surface area contributed by atoms with E-state index in [0.29, 0.717) is 76.3 Å². The average Bonchev–Trinajstić information content (AvgIpc) is 3.38. The van der Waals surface area contributed by atoms with Crippen molar-refractivity contribution >= 4 is 29.2 Å². The summed E-state index contributed by atoms with van der Waals surface area (Å²) in [6.45, 7) is 23.6. The van der Waals surface area contributed by atoms with Gasteiger partial charge >= 0.3 is 5.97 Å². The van der Waals surface area contributed by atoms with Crippen molar-refractivity contribution in [2.75, 3.05) is 80.4 Å². The van der Waals surface area contributed by atoms with Crippen molar-refractivity contribution in [1.82, 2.24) is 14.7 Å². The Morgan fingerprint density at radius 3 is 2.17 bits per heavy atom. The second-order valence-electron chi connectivity index (χ2n) is 23.0. The number of hydrogen-bond donors (Lipinski definition) is 2. The van der Waals surface area contributed by atoms with Crippen LogP contribution in [-0.2, 0) is 52.4 Å². The van der Waals surface area contributed by atoms with Crippen LogP contribution in [0.2, 0.25) is 0 Å². The Balaban J connectivity index is 1.51. The van der Waals surface area contributed by atoms with Crippen molar-refractivity contribution in [2.24, 2.45) is 35.5 Å². The zero-order valence-corrected chi connectivity index (χ0v) is 48.1. The van der Waals surface area contributed by atoms with Gasteiger partial charge in [0.15, 0.2) is 5.78 Å². The number of allylic oxidation sites excluding steroid dienone is 4. The van der Waals surface area contributed by atoms with E-state index in [-0.39, 0.29) is 54.8 Å². The maximum absolute atomic E-state index is 14.6.